The predicted octanol–water partition coefficient (Wildman–Crippen LogP) is 5.80. The second-order valence-corrected chi connectivity index (χ2v) is 7.62. The first-order chi connectivity index (χ1) is 16.3. The zero-order valence-electron chi connectivity index (χ0n) is 17.7. The number of rotatable bonds is 4. The molecule has 0 saturated carbocycles. The number of hydrogen-bond donors (Lipinski definition) is 1. The van der Waals surface area contributed by atoms with Crippen molar-refractivity contribution in [1.82, 2.24) is 24.9 Å². The van der Waals surface area contributed by atoms with Crippen molar-refractivity contribution >= 4 is 27.8 Å². The van der Waals surface area contributed by atoms with Crippen LogP contribution >= 0.6 is 0 Å². The summed E-state index contributed by atoms with van der Waals surface area (Å²) in [6.07, 6.45) is 0.824. The number of nitrogens with zero attached hydrogens (tertiary/aromatic N) is 5. The molecule has 0 unspecified atom stereocenters. The van der Waals surface area contributed by atoms with Gasteiger partial charge < -0.3 is 5.32 Å². The molecule has 0 aliphatic carbocycles. The topological polar surface area (TPSA) is 76.5 Å². The van der Waals surface area contributed by atoms with Crippen LogP contribution in [0.5, 0.6) is 0 Å². The largest absolute Gasteiger partial charge is 0.412 e. The van der Waals surface area contributed by atoms with Gasteiger partial charge in [-0.2, -0.15) is 13.2 Å². The standard InChI is InChI=1S/C24H16F4N6/c1-13-17(25)7-6-14-10-16(20(33-19(13)14)15-4-2-8-29-11-15)22(24(26,27)28)34-23-21-18(31-12-32-23)5-3-9-30-21/h2-12,22H,1H3,(H,31,32,34)/t22-/m1/s1. The molecule has 1 atom stereocenters. The summed E-state index contributed by atoms with van der Waals surface area (Å²) in [5.74, 6) is -0.561. The maximum absolute atomic E-state index is 14.5. The Morgan fingerprint density at radius 3 is 2.53 bits per heavy atom. The third kappa shape index (κ3) is 3.87. The molecule has 0 radical (unpaired) electrons. The number of fused-ring (bicyclic) bond motifs is 2. The molecule has 0 bridgehead atoms. The quantitative estimate of drug-likeness (QED) is 0.339. The summed E-state index contributed by atoms with van der Waals surface area (Å²) in [5, 5.41) is 2.88. The number of alkyl halides is 3. The molecule has 5 aromatic rings. The average molecular weight is 464 g/mol. The van der Waals surface area contributed by atoms with Crippen LogP contribution in [0.2, 0.25) is 0 Å². The maximum atomic E-state index is 14.5. The fourth-order valence-corrected chi connectivity index (χ4v) is 3.80. The number of benzene rings is 1. The second-order valence-electron chi connectivity index (χ2n) is 7.62. The predicted molar refractivity (Wildman–Crippen MR) is 119 cm³/mol. The lowest BCUT2D eigenvalue weighted by molar-refractivity contribution is -0.143. The van der Waals surface area contributed by atoms with Crippen LogP contribution in [0.1, 0.15) is 17.2 Å². The minimum absolute atomic E-state index is 0.0374. The van der Waals surface area contributed by atoms with Crippen molar-refractivity contribution in [3.8, 4) is 11.3 Å². The molecule has 1 aromatic carbocycles. The van der Waals surface area contributed by atoms with Gasteiger partial charge in [0.1, 0.15) is 17.7 Å². The number of anilines is 1. The molecule has 6 nitrogen and oxygen atoms in total. The van der Waals surface area contributed by atoms with Gasteiger partial charge in [0.15, 0.2) is 11.9 Å². The molecule has 4 heterocycles. The SMILES string of the molecule is Cc1c(F)ccc2cc([C@@H](Nc3ncnc4cccnc34)C(F)(F)F)c(-c3cccnc3)nc12. The summed E-state index contributed by atoms with van der Waals surface area (Å²) >= 11 is 0. The molecule has 4 aromatic heterocycles. The lowest BCUT2D eigenvalue weighted by Gasteiger charge is -2.25. The Bertz CT molecular complexity index is 1500. The van der Waals surface area contributed by atoms with E-state index < -0.39 is 18.0 Å². The summed E-state index contributed by atoms with van der Waals surface area (Å²) in [4.78, 5) is 20.7. The highest BCUT2D eigenvalue weighted by Crippen LogP contribution is 2.41. The average Bonchev–Trinajstić information content (AvgIpc) is 2.84. The monoisotopic (exact) mass is 464 g/mol. The van der Waals surface area contributed by atoms with E-state index in [0.717, 1.165) is 0 Å². The van der Waals surface area contributed by atoms with E-state index in [4.69, 9.17) is 0 Å². The molecular formula is C24H16F4N6. The van der Waals surface area contributed by atoms with Crippen LogP contribution in [-0.4, -0.2) is 31.1 Å². The second kappa shape index (κ2) is 8.29. The number of aryl methyl sites for hydroxylation is 1. The lowest BCUT2D eigenvalue weighted by atomic mass is 9.97. The molecule has 0 aliphatic heterocycles. The zero-order valence-corrected chi connectivity index (χ0v) is 17.7. The van der Waals surface area contributed by atoms with Crippen LogP contribution in [0.15, 0.2) is 67.4 Å². The Morgan fingerprint density at radius 1 is 0.941 bits per heavy atom. The molecule has 0 fully saturated rings. The van der Waals surface area contributed by atoms with Gasteiger partial charge in [-0.3, -0.25) is 9.97 Å². The van der Waals surface area contributed by atoms with Gasteiger partial charge in [0.2, 0.25) is 0 Å². The molecule has 0 spiro atoms. The van der Waals surface area contributed by atoms with Crippen LogP contribution in [0.3, 0.4) is 0 Å². The van der Waals surface area contributed by atoms with E-state index in [1.807, 2.05) is 0 Å². The highest BCUT2D eigenvalue weighted by molar-refractivity contribution is 5.87. The van der Waals surface area contributed by atoms with E-state index in [0.29, 0.717) is 16.5 Å². The minimum atomic E-state index is -4.73. The summed E-state index contributed by atoms with van der Waals surface area (Å²) in [7, 11) is 0. The van der Waals surface area contributed by atoms with E-state index in [9.17, 15) is 17.6 Å². The molecule has 34 heavy (non-hydrogen) atoms. The highest BCUT2D eigenvalue weighted by atomic mass is 19.4. The van der Waals surface area contributed by atoms with Crippen LogP contribution in [0, 0.1) is 12.7 Å². The Balaban J connectivity index is 1.75. The Labute approximate surface area is 190 Å². The number of halogens is 4. The lowest BCUT2D eigenvalue weighted by Crippen LogP contribution is -2.29. The van der Waals surface area contributed by atoms with Gasteiger partial charge in [0.25, 0.3) is 0 Å². The summed E-state index contributed by atoms with van der Waals surface area (Å²) in [6.45, 7) is 1.54. The summed E-state index contributed by atoms with van der Waals surface area (Å²) in [5.41, 5.74) is 1.38. The van der Waals surface area contributed by atoms with Crippen LogP contribution in [0.25, 0.3) is 33.2 Å². The fraction of sp³-hybridized carbons (Fsp3) is 0.125. The van der Waals surface area contributed by atoms with Gasteiger partial charge in [-0.1, -0.05) is 0 Å². The van der Waals surface area contributed by atoms with Gasteiger partial charge in [-0.25, -0.2) is 19.3 Å². The molecule has 1 N–H and O–H groups in total. The molecule has 0 aliphatic rings. The van der Waals surface area contributed by atoms with Crippen molar-refractivity contribution in [2.75, 3.05) is 5.32 Å². The highest BCUT2D eigenvalue weighted by Gasteiger charge is 2.43. The maximum Gasteiger partial charge on any atom is 0.412 e. The van der Waals surface area contributed by atoms with Gasteiger partial charge in [-0.15, -0.1) is 0 Å². The molecular weight excluding hydrogens is 448 g/mol. The van der Waals surface area contributed by atoms with Crippen molar-refractivity contribution in [2.24, 2.45) is 0 Å². The Morgan fingerprint density at radius 2 is 1.76 bits per heavy atom. The van der Waals surface area contributed by atoms with Crippen molar-refractivity contribution in [3.05, 3.63) is 84.3 Å². The van der Waals surface area contributed by atoms with Crippen molar-refractivity contribution < 1.29 is 17.6 Å². The third-order valence-electron chi connectivity index (χ3n) is 5.45. The normalized spacial score (nSPS) is 12.7. The van der Waals surface area contributed by atoms with E-state index in [-0.39, 0.29) is 33.7 Å². The number of nitrogens with one attached hydrogen (secondary N) is 1. The smallest absolute Gasteiger partial charge is 0.353 e. The summed E-state index contributed by atoms with van der Waals surface area (Å²) in [6, 6.07) is 8.28. The first-order valence-corrected chi connectivity index (χ1v) is 10.2. The third-order valence-corrected chi connectivity index (χ3v) is 5.45. The zero-order chi connectivity index (χ0) is 23.9. The number of aromatic nitrogens is 5. The Kier molecular flexibility index (Phi) is 5.27. The van der Waals surface area contributed by atoms with Crippen molar-refractivity contribution in [2.45, 2.75) is 19.1 Å². The van der Waals surface area contributed by atoms with Crippen LogP contribution < -0.4 is 5.32 Å². The van der Waals surface area contributed by atoms with Crippen LogP contribution in [-0.2, 0) is 0 Å². The minimum Gasteiger partial charge on any atom is -0.353 e. The molecule has 170 valence electrons. The Hall–Kier alpha value is -4.21. The fourth-order valence-electron chi connectivity index (χ4n) is 3.80. The number of pyridine rings is 3. The van der Waals surface area contributed by atoms with Gasteiger partial charge in [0, 0.05) is 40.7 Å². The van der Waals surface area contributed by atoms with Gasteiger partial charge in [0.05, 0.1) is 16.7 Å². The van der Waals surface area contributed by atoms with E-state index >= 15 is 0 Å². The van der Waals surface area contributed by atoms with E-state index in [1.54, 1.807) is 24.3 Å². The van der Waals surface area contributed by atoms with Crippen molar-refractivity contribution in [3.63, 3.8) is 0 Å². The first-order valence-electron chi connectivity index (χ1n) is 10.2. The van der Waals surface area contributed by atoms with Crippen LogP contribution in [0.4, 0.5) is 23.4 Å². The molecule has 0 saturated heterocycles. The molecule has 10 heteroatoms. The van der Waals surface area contributed by atoms with Crippen molar-refractivity contribution in [1.29, 1.82) is 0 Å². The van der Waals surface area contributed by atoms with E-state index in [1.165, 1.54) is 50.0 Å². The van der Waals surface area contributed by atoms with Gasteiger partial charge in [-0.05, 0) is 49.4 Å². The molecule has 0 amide bonds. The van der Waals surface area contributed by atoms with Gasteiger partial charge >= 0.3 is 6.18 Å². The first kappa shape index (κ1) is 21.6. The molecule has 5 rings (SSSR count). The number of hydrogen-bond acceptors (Lipinski definition) is 6. The van der Waals surface area contributed by atoms with E-state index in [2.05, 4.69) is 30.2 Å². The summed E-state index contributed by atoms with van der Waals surface area (Å²) < 4.78 is 57.7.